The number of rotatable bonds is 3. The van der Waals surface area contributed by atoms with Gasteiger partial charge in [0.15, 0.2) is 0 Å². The van der Waals surface area contributed by atoms with Crippen LogP contribution in [0.3, 0.4) is 0 Å². The van der Waals surface area contributed by atoms with E-state index in [9.17, 15) is 0 Å². The Morgan fingerprint density at radius 3 is 2.75 bits per heavy atom. The van der Waals surface area contributed by atoms with Crippen LogP contribution in [-0.4, -0.2) is 16.0 Å². The molecule has 62 valence electrons. The lowest BCUT2D eigenvalue weighted by Gasteiger charge is -2.08. The Kier molecular flexibility index (Phi) is 3.09. The Morgan fingerprint density at radius 2 is 2.25 bits per heavy atom. The molecule has 0 fully saturated rings. The van der Waals surface area contributed by atoms with Gasteiger partial charge in [-0.3, -0.25) is 0 Å². The smallest absolute Gasteiger partial charge is 0.223 e. The fraction of sp³-hybridized carbons (Fsp3) is 0.333. The van der Waals surface area contributed by atoms with Crippen LogP contribution in [0, 0.1) is 12.3 Å². The number of hydrogen-bond acceptors (Lipinski definition) is 3. The maximum atomic E-state index is 5.26. The van der Waals surface area contributed by atoms with E-state index >= 15 is 0 Å². The first kappa shape index (κ1) is 8.54. The number of aromatic nitrogens is 2. The average Bonchev–Trinajstić information content (AvgIpc) is 2.16. The third kappa shape index (κ3) is 2.24. The quantitative estimate of drug-likeness (QED) is 0.679. The molecule has 0 aliphatic carbocycles. The molecule has 0 bridgehead atoms. The molecule has 1 aromatic heterocycles. The van der Waals surface area contributed by atoms with Gasteiger partial charge in [-0.2, -0.15) is 0 Å². The van der Waals surface area contributed by atoms with E-state index < -0.39 is 0 Å². The summed E-state index contributed by atoms with van der Waals surface area (Å²) in [4.78, 5) is 7.99. The van der Waals surface area contributed by atoms with Gasteiger partial charge in [0.05, 0.1) is 6.04 Å². The zero-order valence-corrected chi connectivity index (χ0v) is 6.99. The number of anilines is 1. The van der Waals surface area contributed by atoms with E-state index in [0.717, 1.165) is 6.42 Å². The van der Waals surface area contributed by atoms with Crippen LogP contribution in [0.15, 0.2) is 18.5 Å². The van der Waals surface area contributed by atoms with Crippen LogP contribution in [0.5, 0.6) is 0 Å². The molecule has 1 N–H and O–H groups in total. The van der Waals surface area contributed by atoms with Gasteiger partial charge in [0.1, 0.15) is 0 Å². The Labute approximate surface area is 72.2 Å². The summed E-state index contributed by atoms with van der Waals surface area (Å²) in [5, 5.41) is 3.02. The molecule has 0 saturated carbocycles. The van der Waals surface area contributed by atoms with Crippen molar-refractivity contribution in [2.75, 3.05) is 5.32 Å². The molecular formula is C9H11N3. The fourth-order valence-electron chi connectivity index (χ4n) is 0.791. The highest BCUT2D eigenvalue weighted by molar-refractivity contribution is 5.28. The van der Waals surface area contributed by atoms with Gasteiger partial charge in [-0.1, -0.05) is 12.8 Å². The number of terminal acetylenes is 1. The van der Waals surface area contributed by atoms with Crippen molar-refractivity contribution in [3.05, 3.63) is 18.5 Å². The molecule has 0 spiro atoms. The Hall–Kier alpha value is -1.56. The molecule has 1 unspecified atom stereocenters. The van der Waals surface area contributed by atoms with E-state index in [1.54, 1.807) is 18.5 Å². The lowest BCUT2D eigenvalue weighted by Crippen LogP contribution is -2.17. The first-order chi connectivity index (χ1) is 5.86. The van der Waals surface area contributed by atoms with Crippen LogP contribution in [0.4, 0.5) is 5.95 Å². The molecule has 3 heteroatoms. The fourth-order valence-corrected chi connectivity index (χ4v) is 0.791. The van der Waals surface area contributed by atoms with Crippen LogP contribution >= 0.6 is 0 Å². The minimum atomic E-state index is 0.0207. The summed E-state index contributed by atoms with van der Waals surface area (Å²) in [6, 6.07) is 1.79. The van der Waals surface area contributed by atoms with E-state index in [-0.39, 0.29) is 6.04 Å². The predicted molar refractivity (Wildman–Crippen MR) is 48.6 cm³/mol. The molecule has 0 aliphatic heterocycles. The molecule has 1 aromatic rings. The summed E-state index contributed by atoms with van der Waals surface area (Å²) in [5.41, 5.74) is 0. The normalized spacial score (nSPS) is 11.7. The number of hydrogen-bond donors (Lipinski definition) is 1. The van der Waals surface area contributed by atoms with Crippen molar-refractivity contribution in [3.8, 4) is 12.3 Å². The van der Waals surface area contributed by atoms with Crippen LogP contribution in [-0.2, 0) is 0 Å². The van der Waals surface area contributed by atoms with E-state index in [0.29, 0.717) is 5.95 Å². The van der Waals surface area contributed by atoms with Gasteiger partial charge in [0.2, 0.25) is 5.95 Å². The van der Waals surface area contributed by atoms with Crippen molar-refractivity contribution in [1.82, 2.24) is 9.97 Å². The Bertz CT molecular complexity index is 263. The SMILES string of the molecule is C#CC(CC)Nc1ncccn1. The third-order valence-corrected chi connectivity index (χ3v) is 1.48. The molecule has 0 aromatic carbocycles. The minimum absolute atomic E-state index is 0.0207. The summed E-state index contributed by atoms with van der Waals surface area (Å²) in [6.07, 6.45) is 9.49. The van der Waals surface area contributed by atoms with Crippen LogP contribution < -0.4 is 5.32 Å². The van der Waals surface area contributed by atoms with Gasteiger partial charge < -0.3 is 5.32 Å². The average molecular weight is 161 g/mol. The predicted octanol–water partition coefficient (Wildman–Crippen LogP) is 1.30. The van der Waals surface area contributed by atoms with Crippen molar-refractivity contribution < 1.29 is 0 Å². The molecule has 1 rings (SSSR count). The van der Waals surface area contributed by atoms with Crippen molar-refractivity contribution in [2.24, 2.45) is 0 Å². The number of nitrogens with zero attached hydrogens (tertiary/aromatic N) is 2. The van der Waals surface area contributed by atoms with Gasteiger partial charge in [-0.25, -0.2) is 9.97 Å². The minimum Gasteiger partial charge on any atom is -0.341 e. The van der Waals surface area contributed by atoms with Gasteiger partial charge in [0, 0.05) is 12.4 Å². The summed E-state index contributed by atoms with van der Waals surface area (Å²) < 4.78 is 0. The topological polar surface area (TPSA) is 37.8 Å². The Morgan fingerprint density at radius 1 is 1.58 bits per heavy atom. The largest absolute Gasteiger partial charge is 0.341 e. The lowest BCUT2D eigenvalue weighted by molar-refractivity contribution is 0.841. The standard InChI is InChI=1S/C9H11N3/c1-3-8(4-2)12-9-10-6-5-7-11-9/h1,5-8H,4H2,2H3,(H,10,11,12). The highest BCUT2D eigenvalue weighted by Crippen LogP contribution is 1.99. The molecule has 0 radical (unpaired) electrons. The van der Waals surface area contributed by atoms with Crippen LogP contribution in [0.25, 0.3) is 0 Å². The van der Waals surface area contributed by atoms with E-state index in [2.05, 4.69) is 21.2 Å². The molecular weight excluding hydrogens is 150 g/mol. The van der Waals surface area contributed by atoms with Gasteiger partial charge in [-0.05, 0) is 12.5 Å². The second-order valence-corrected chi connectivity index (χ2v) is 2.34. The lowest BCUT2D eigenvalue weighted by atomic mass is 10.2. The summed E-state index contributed by atoms with van der Waals surface area (Å²) in [7, 11) is 0. The zero-order chi connectivity index (χ0) is 8.81. The van der Waals surface area contributed by atoms with Gasteiger partial charge >= 0.3 is 0 Å². The molecule has 12 heavy (non-hydrogen) atoms. The third-order valence-electron chi connectivity index (χ3n) is 1.48. The second-order valence-electron chi connectivity index (χ2n) is 2.34. The molecule has 0 saturated heterocycles. The van der Waals surface area contributed by atoms with E-state index in [4.69, 9.17) is 6.42 Å². The van der Waals surface area contributed by atoms with Crippen molar-refractivity contribution in [3.63, 3.8) is 0 Å². The maximum Gasteiger partial charge on any atom is 0.223 e. The first-order valence-corrected chi connectivity index (χ1v) is 3.86. The number of nitrogens with one attached hydrogen (secondary N) is 1. The highest BCUT2D eigenvalue weighted by atomic mass is 15.1. The molecule has 0 amide bonds. The van der Waals surface area contributed by atoms with Crippen molar-refractivity contribution >= 4 is 5.95 Å². The first-order valence-electron chi connectivity index (χ1n) is 3.86. The summed E-state index contributed by atoms with van der Waals surface area (Å²) in [6.45, 7) is 2.01. The van der Waals surface area contributed by atoms with Crippen molar-refractivity contribution in [2.45, 2.75) is 19.4 Å². The van der Waals surface area contributed by atoms with E-state index in [1.807, 2.05) is 6.92 Å². The molecule has 3 nitrogen and oxygen atoms in total. The molecule has 1 heterocycles. The summed E-state index contributed by atoms with van der Waals surface area (Å²) >= 11 is 0. The summed E-state index contributed by atoms with van der Waals surface area (Å²) in [5.74, 6) is 3.19. The van der Waals surface area contributed by atoms with Crippen LogP contribution in [0.1, 0.15) is 13.3 Å². The Balaban J connectivity index is 2.58. The van der Waals surface area contributed by atoms with Gasteiger partial charge in [-0.15, -0.1) is 6.42 Å². The molecule has 0 aliphatic rings. The van der Waals surface area contributed by atoms with Crippen molar-refractivity contribution in [1.29, 1.82) is 0 Å². The monoisotopic (exact) mass is 161 g/mol. The van der Waals surface area contributed by atoms with E-state index in [1.165, 1.54) is 0 Å². The zero-order valence-electron chi connectivity index (χ0n) is 6.99. The van der Waals surface area contributed by atoms with Crippen LogP contribution in [0.2, 0.25) is 0 Å². The highest BCUT2D eigenvalue weighted by Gasteiger charge is 2.01. The molecule has 1 atom stereocenters. The second kappa shape index (κ2) is 4.35. The van der Waals surface area contributed by atoms with Gasteiger partial charge in [0.25, 0.3) is 0 Å². The maximum absolute atomic E-state index is 5.26.